The summed E-state index contributed by atoms with van der Waals surface area (Å²) in [5, 5.41) is 4.44. The molecule has 0 bridgehead atoms. The molecule has 3 aliphatic rings. The summed E-state index contributed by atoms with van der Waals surface area (Å²) in [6, 6.07) is 10.6. The van der Waals surface area contributed by atoms with Gasteiger partial charge in [0.15, 0.2) is 5.82 Å². The van der Waals surface area contributed by atoms with Crippen molar-refractivity contribution in [3.63, 3.8) is 0 Å². The van der Waals surface area contributed by atoms with Crippen LogP contribution in [0.25, 0.3) is 0 Å². The lowest BCUT2D eigenvalue weighted by molar-refractivity contribution is 0.0208. The third kappa shape index (κ3) is 5.01. The Morgan fingerprint density at radius 1 is 1.15 bits per heavy atom. The summed E-state index contributed by atoms with van der Waals surface area (Å²) >= 11 is 0. The van der Waals surface area contributed by atoms with Gasteiger partial charge in [-0.2, -0.15) is 4.98 Å². The van der Waals surface area contributed by atoms with E-state index >= 15 is 0 Å². The molecular weight excluding hydrogens is 426 g/mol. The van der Waals surface area contributed by atoms with Crippen LogP contribution in [0.2, 0.25) is 0 Å². The van der Waals surface area contributed by atoms with E-state index in [1.165, 1.54) is 24.8 Å². The zero-order valence-corrected chi connectivity index (χ0v) is 21.1. The Balaban J connectivity index is 1.31. The zero-order valence-electron chi connectivity index (χ0n) is 21.1. The van der Waals surface area contributed by atoms with Gasteiger partial charge in [0, 0.05) is 24.4 Å². The molecule has 34 heavy (non-hydrogen) atoms. The molecule has 6 heteroatoms. The smallest absolute Gasteiger partial charge is 0.410 e. The molecular formula is C28H39N3O3. The number of carbonyl (C=O) groups excluding carboxylic acids is 1. The van der Waals surface area contributed by atoms with E-state index in [-0.39, 0.29) is 17.6 Å². The minimum absolute atomic E-state index is 0.158. The molecule has 5 rings (SSSR count). The first-order chi connectivity index (χ1) is 16.3. The van der Waals surface area contributed by atoms with Crippen molar-refractivity contribution in [3.8, 4) is 0 Å². The summed E-state index contributed by atoms with van der Waals surface area (Å²) in [6.07, 6.45) is 8.73. The van der Waals surface area contributed by atoms with Crippen LogP contribution in [-0.4, -0.2) is 39.3 Å². The van der Waals surface area contributed by atoms with E-state index in [1.54, 1.807) is 0 Å². The normalized spacial score (nSPS) is 27.8. The van der Waals surface area contributed by atoms with Crippen LogP contribution in [0.1, 0.15) is 108 Å². The van der Waals surface area contributed by atoms with Crippen LogP contribution in [-0.2, 0) is 10.2 Å². The molecule has 3 aliphatic carbocycles. The first-order valence-electron chi connectivity index (χ1n) is 13.2. The fourth-order valence-electron chi connectivity index (χ4n) is 5.59. The Labute approximate surface area is 203 Å². The molecule has 2 aromatic rings. The van der Waals surface area contributed by atoms with Crippen molar-refractivity contribution < 1.29 is 14.1 Å². The van der Waals surface area contributed by atoms with Crippen LogP contribution >= 0.6 is 0 Å². The monoisotopic (exact) mass is 465 g/mol. The highest BCUT2D eigenvalue weighted by Gasteiger charge is 2.55. The standard InChI is InChI=1S/C28H39N3O3/c1-5-19-11-13-21(14-12-19)24-29-25(30-34-24)28(15-16-28)18-31(26(32)33-27(2,3)4)23-17-22(23)20-9-7-6-8-10-20/h6-10,19,21-23H,5,11-18H2,1-4H3/t19?,21?,22-,23+/m0/s1. The second-order valence-corrected chi connectivity index (χ2v) is 11.8. The summed E-state index contributed by atoms with van der Waals surface area (Å²) in [5.41, 5.74) is 0.554. The van der Waals surface area contributed by atoms with Crippen molar-refractivity contribution in [2.45, 2.75) is 108 Å². The number of rotatable bonds is 7. The van der Waals surface area contributed by atoms with Crippen LogP contribution in [0, 0.1) is 5.92 Å². The number of benzene rings is 1. The van der Waals surface area contributed by atoms with Crippen molar-refractivity contribution in [2.24, 2.45) is 5.92 Å². The van der Waals surface area contributed by atoms with Crippen molar-refractivity contribution in [3.05, 3.63) is 47.6 Å². The molecule has 1 amide bonds. The second-order valence-electron chi connectivity index (χ2n) is 11.8. The predicted molar refractivity (Wildman–Crippen MR) is 131 cm³/mol. The van der Waals surface area contributed by atoms with Gasteiger partial charge in [0.25, 0.3) is 0 Å². The average Bonchev–Trinajstić information content (AvgIpc) is 3.73. The molecule has 184 valence electrons. The first kappa shape index (κ1) is 23.4. The number of carbonyl (C=O) groups is 1. The molecule has 0 unspecified atom stereocenters. The van der Waals surface area contributed by atoms with Gasteiger partial charge in [0.1, 0.15) is 5.60 Å². The number of hydrogen-bond donors (Lipinski definition) is 0. The van der Waals surface area contributed by atoms with E-state index in [9.17, 15) is 4.79 Å². The van der Waals surface area contributed by atoms with Crippen LogP contribution < -0.4 is 0 Å². The van der Waals surface area contributed by atoms with E-state index in [0.29, 0.717) is 18.4 Å². The molecule has 6 nitrogen and oxygen atoms in total. The van der Waals surface area contributed by atoms with Crippen molar-refractivity contribution >= 4 is 6.09 Å². The van der Waals surface area contributed by atoms with E-state index in [4.69, 9.17) is 14.2 Å². The Bertz CT molecular complexity index is 984. The van der Waals surface area contributed by atoms with Crippen LogP contribution in [0.5, 0.6) is 0 Å². The molecule has 1 aromatic heterocycles. The topological polar surface area (TPSA) is 68.5 Å². The van der Waals surface area contributed by atoms with Gasteiger partial charge >= 0.3 is 6.09 Å². The molecule has 1 heterocycles. The van der Waals surface area contributed by atoms with Crippen LogP contribution in [0.4, 0.5) is 4.79 Å². The number of amides is 1. The van der Waals surface area contributed by atoms with Gasteiger partial charge < -0.3 is 14.2 Å². The quantitative estimate of drug-likeness (QED) is 0.462. The summed E-state index contributed by atoms with van der Waals surface area (Å²) in [5.74, 6) is 3.16. The minimum Gasteiger partial charge on any atom is -0.444 e. The lowest BCUT2D eigenvalue weighted by Crippen LogP contribution is -2.43. The van der Waals surface area contributed by atoms with Gasteiger partial charge in [-0.1, -0.05) is 48.8 Å². The van der Waals surface area contributed by atoms with Gasteiger partial charge in [-0.15, -0.1) is 0 Å². The summed E-state index contributed by atoms with van der Waals surface area (Å²) in [7, 11) is 0. The van der Waals surface area contributed by atoms with E-state index in [2.05, 4.69) is 36.3 Å². The third-order valence-corrected chi connectivity index (χ3v) is 8.03. The predicted octanol–water partition coefficient (Wildman–Crippen LogP) is 6.58. The maximum absolute atomic E-state index is 13.3. The lowest BCUT2D eigenvalue weighted by atomic mass is 9.81. The molecule has 2 atom stereocenters. The highest BCUT2D eigenvalue weighted by Crippen LogP contribution is 2.52. The Morgan fingerprint density at radius 2 is 1.85 bits per heavy atom. The fraction of sp³-hybridized carbons (Fsp3) is 0.679. The number of hydrogen-bond acceptors (Lipinski definition) is 5. The van der Waals surface area contributed by atoms with Gasteiger partial charge in [-0.05, 0) is 77.2 Å². The van der Waals surface area contributed by atoms with Crippen molar-refractivity contribution in [1.82, 2.24) is 15.0 Å². The molecule has 3 saturated carbocycles. The summed E-state index contributed by atoms with van der Waals surface area (Å²) in [6.45, 7) is 8.66. The zero-order chi connectivity index (χ0) is 23.9. The first-order valence-corrected chi connectivity index (χ1v) is 13.2. The molecule has 1 aromatic carbocycles. The second kappa shape index (κ2) is 9.01. The Morgan fingerprint density at radius 3 is 2.47 bits per heavy atom. The fourth-order valence-corrected chi connectivity index (χ4v) is 5.59. The third-order valence-electron chi connectivity index (χ3n) is 8.03. The van der Waals surface area contributed by atoms with Crippen LogP contribution in [0.15, 0.2) is 34.9 Å². The van der Waals surface area contributed by atoms with E-state index < -0.39 is 5.60 Å². The Hall–Kier alpha value is -2.37. The number of nitrogens with zero attached hydrogens (tertiary/aromatic N) is 3. The maximum atomic E-state index is 13.3. The van der Waals surface area contributed by atoms with E-state index in [1.807, 2.05) is 31.7 Å². The molecule has 0 radical (unpaired) electrons. The lowest BCUT2D eigenvalue weighted by Gasteiger charge is -2.30. The SMILES string of the molecule is CCC1CCC(c2nc(C3(CN(C(=O)OC(C)(C)C)[C@@H]4C[C@H]4c4ccccc4)CC3)no2)CC1. The number of aromatic nitrogens is 2. The highest BCUT2D eigenvalue weighted by molar-refractivity contribution is 5.70. The summed E-state index contributed by atoms with van der Waals surface area (Å²) < 4.78 is 11.6. The Kier molecular flexibility index (Phi) is 6.19. The molecule has 0 aliphatic heterocycles. The van der Waals surface area contributed by atoms with Gasteiger partial charge in [0.05, 0.1) is 5.41 Å². The van der Waals surface area contributed by atoms with Crippen LogP contribution in [0.3, 0.4) is 0 Å². The highest BCUT2D eigenvalue weighted by atomic mass is 16.6. The van der Waals surface area contributed by atoms with Crippen molar-refractivity contribution in [2.75, 3.05) is 6.54 Å². The van der Waals surface area contributed by atoms with Gasteiger partial charge in [-0.25, -0.2) is 4.79 Å². The molecule has 0 N–H and O–H groups in total. The number of ether oxygens (including phenoxy) is 1. The van der Waals surface area contributed by atoms with Gasteiger partial charge in [-0.3, -0.25) is 0 Å². The summed E-state index contributed by atoms with van der Waals surface area (Å²) in [4.78, 5) is 20.2. The maximum Gasteiger partial charge on any atom is 0.410 e. The van der Waals surface area contributed by atoms with E-state index in [0.717, 1.165) is 49.7 Å². The largest absolute Gasteiger partial charge is 0.444 e. The minimum atomic E-state index is -0.528. The molecule has 3 fully saturated rings. The molecule has 0 spiro atoms. The van der Waals surface area contributed by atoms with Gasteiger partial charge in [0.2, 0.25) is 5.89 Å². The molecule has 0 saturated heterocycles. The van der Waals surface area contributed by atoms with Crippen molar-refractivity contribution in [1.29, 1.82) is 0 Å². The average molecular weight is 466 g/mol.